The first-order valence-corrected chi connectivity index (χ1v) is 5.91. The second-order valence-electron chi connectivity index (χ2n) is 4.41. The van der Waals surface area contributed by atoms with E-state index >= 15 is 0 Å². The molecular formula is C15H11FN2O. The van der Waals surface area contributed by atoms with Crippen LogP contribution in [0.3, 0.4) is 0 Å². The predicted molar refractivity (Wildman–Crippen MR) is 72.5 cm³/mol. The number of fused-ring (bicyclic) bond motifs is 1. The monoisotopic (exact) mass is 254 g/mol. The molecule has 1 N–H and O–H groups in total. The Labute approximate surface area is 108 Å². The Morgan fingerprint density at radius 1 is 1.16 bits per heavy atom. The first-order chi connectivity index (χ1) is 9.15. The van der Waals surface area contributed by atoms with Crippen molar-refractivity contribution in [1.82, 2.24) is 9.97 Å². The van der Waals surface area contributed by atoms with Gasteiger partial charge in [0, 0.05) is 0 Å². The Kier molecular flexibility index (Phi) is 2.63. The van der Waals surface area contributed by atoms with E-state index in [1.807, 2.05) is 6.92 Å². The molecule has 0 aliphatic heterocycles. The molecule has 0 radical (unpaired) electrons. The lowest BCUT2D eigenvalue weighted by atomic mass is 10.1. The Balaban J connectivity index is 2.31. The number of rotatable bonds is 1. The van der Waals surface area contributed by atoms with Crippen LogP contribution < -0.4 is 5.56 Å². The van der Waals surface area contributed by atoms with E-state index in [2.05, 4.69) is 9.97 Å². The summed E-state index contributed by atoms with van der Waals surface area (Å²) in [6, 6.07) is 11.7. The van der Waals surface area contributed by atoms with Crippen molar-refractivity contribution in [2.24, 2.45) is 0 Å². The summed E-state index contributed by atoms with van der Waals surface area (Å²) in [5.41, 5.74) is 1.51. The number of nitrogens with one attached hydrogen (secondary N) is 1. The van der Waals surface area contributed by atoms with Crippen LogP contribution >= 0.6 is 0 Å². The van der Waals surface area contributed by atoms with Gasteiger partial charge in [-0.15, -0.1) is 0 Å². The summed E-state index contributed by atoms with van der Waals surface area (Å²) in [5, 5.41) is 0.499. The second kappa shape index (κ2) is 4.31. The molecule has 3 rings (SSSR count). The van der Waals surface area contributed by atoms with Crippen LogP contribution in [0.25, 0.3) is 22.3 Å². The van der Waals surface area contributed by atoms with Crippen molar-refractivity contribution in [3.8, 4) is 11.4 Å². The molecule has 94 valence electrons. The zero-order valence-electron chi connectivity index (χ0n) is 10.3. The van der Waals surface area contributed by atoms with Gasteiger partial charge in [-0.2, -0.15) is 0 Å². The van der Waals surface area contributed by atoms with E-state index in [1.54, 1.807) is 36.4 Å². The van der Waals surface area contributed by atoms with Crippen LogP contribution in [0, 0.1) is 12.7 Å². The number of hydrogen-bond acceptors (Lipinski definition) is 2. The Morgan fingerprint density at radius 3 is 2.79 bits per heavy atom. The van der Waals surface area contributed by atoms with Gasteiger partial charge in [-0.25, -0.2) is 9.37 Å². The number of para-hydroxylation sites is 1. The first kappa shape index (κ1) is 11.6. The molecule has 1 heterocycles. The van der Waals surface area contributed by atoms with Gasteiger partial charge in [0.15, 0.2) is 0 Å². The van der Waals surface area contributed by atoms with Crippen molar-refractivity contribution in [2.45, 2.75) is 6.92 Å². The molecule has 3 aromatic rings. The zero-order chi connectivity index (χ0) is 13.4. The molecule has 1 aromatic heterocycles. The molecule has 0 unspecified atom stereocenters. The van der Waals surface area contributed by atoms with Crippen molar-refractivity contribution >= 4 is 10.9 Å². The van der Waals surface area contributed by atoms with Gasteiger partial charge in [-0.1, -0.05) is 23.8 Å². The van der Waals surface area contributed by atoms with Crippen LogP contribution in [-0.2, 0) is 0 Å². The number of aromatic amines is 1. The van der Waals surface area contributed by atoms with Gasteiger partial charge >= 0.3 is 0 Å². The van der Waals surface area contributed by atoms with Gasteiger partial charge in [-0.05, 0) is 31.2 Å². The fourth-order valence-electron chi connectivity index (χ4n) is 2.03. The molecule has 0 aliphatic carbocycles. The smallest absolute Gasteiger partial charge is 0.259 e. The maximum absolute atomic E-state index is 13.8. The summed E-state index contributed by atoms with van der Waals surface area (Å²) in [4.78, 5) is 18.9. The molecule has 3 nitrogen and oxygen atoms in total. The third kappa shape index (κ3) is 2.01. The fourth-order valence-corrected chi connectivity index (χ4v) is 2.03. The van der Waals surface area contributed by atoms with Gasteiger partial charge in [0.2, 0.25) is 0 Å². The van der Waals surface area contributed by atoms with E-state index in [4.69, 9.17) is 0 Å². The van der Waals surface area contributed by atoms with Gasteiger partial charge < -0.3 is 4.98 Å². The van der Waals surface area contributed by atoms with Gasteiger partial charge in [0.1, 0.15) is 11.6 Å². The van der Waals surface area contributed by atoms with Crippen LogP contribution in [0.2, 0.25) is 0 Å². The van der Waals surface area contributed by atoms with Crippen molar-refractivity contribution in [3.05, 3.63) is 64.2 Å². The van der Waals surface area contributed by atoms with E-state index in [1.165, 1.54) is 6.07 Å². The van der Waals surface area contributed by atoms with Gasteiger partial charge in [0.05, 0.1) is 16.5 Å². The third-order valence-electron chi connectivity index (χ3n) is 2.99. The highest BCUT2D eigenvalue weighted by Gasteiger charge is 2.10. The minimum atomic E-state index is -0.399. The number of H-pyrrole nitrogens is 1. The molecule has 4 heteroatoms. The average Bonchev–Trinajstić information content (AvgIpc) is 2.41. The molecule has 0 saturated heterocycles. The average molecular weight is 254 g/mol. The summed E-state index contributed by atoms with van der Waals surface area (Å²) >= 11 is 0. The van der Waals surface area contributed by atoms with E-state index in [0.29, 0.717) is 16.5 Å². The lowest BCUT2D eigenvalue weighted by Gasteiger charge is -2.05. The van der Waals surface area contributed by atoms with Crippen LogP contribution in [0.5, 0.6) is 0 Å². The lowest BCUT2D eigenvalue weighted by molar-refractivity contribution is 0.629. The highest BCUT2D eigenvalue weighted by molar-refractivity contribution is 5.79. The third-order valence-corrected chi connectivity index (χ3v) is 2.99. The quantitative estimate of drug-likeness (QED) is 0.725. The molecule has 0 bridgehead atoms. The number of aromatic nitrogens is 2. The summed E-state index contributed by atoms with van der Waals surface area (Å²) in [7, 11) is 0. The summed E-state index contributed by atoms with van der Waals surface area (Å²) in [5.74, 6) is -0.145. The molecule has 0 spiro atoms. The van der Waals surface area contributed by atoms with Crippen LogP contribution in [-0.4, -0.2) is 9.97 Å². The van der Waals surface area contributed by atoms with Gasteiger partial charge in [-0.3, -0.25) is 4.79 Å². The fraction of sp³-hybridized carbons (Fsp3) is 0.0667. The van der Waals surface area contributed by atoms with Gasteiger partial charge in [0.25, 0.3) is 5.56 Å². The number of benzene rings is 2. The minimum absolute atomic E-state index is 0.255. The summed E-state index contributed by atoms with van der Waals surface area (Å²) < 4.78 is 13.8. The second-order valence-corrected chi connectivity index (χ2v) is 4.41. The number of nitrogens with zero attached hydrogens (tertiary/aromatic N) is 1. The normalized spacial score (nSPS) is 10.8. The standard InChI is InChI=1S/C15H11FN2O/c1-9-6-7-12(16)11(8-9)14-17-13-5-3-2-4-10(13)15(19)18-14/h2-8H,1H3,(H,17,18,19). The molecular weight excluding hydrogens is 243 g/mol. The number of aryl methyl sites for hydroxylation is 1. The summed E-state index contributed by atoms with van der Waals surface area (Å²) in [6.07, 6.45) is 0. The van der Waals surface area contributed by atoms with Crippen molar-refractivity contribution in [1.29, 1.82) is 0 Å². The van der Waals surface area contributed by atoms with E-state index in [-0.39, 0.29) is 11.4 Å². The molecule has 2 aromatic carbocycles. The summed E-state index contributed by atoms with van der Waals surface area (Å²) in [6.45, 7) is 1.86. The maximum atomic E-state index is 13.8. The number of halogens is 1. The topological polar surface area (TPSA) is 45.8 Å². The Hall–Kier alpha value is -2.49. The van der Waals surface area contributed by atoms with Crippen LogP contribution in [0.15, 0.2) is 47.3 Å². The predicted octanol–water partition coefficient (Wildman–Crippen LogP) is 3.04. The lowest BCUT2D eigenvalue weighted by Crippen LogP contribution is -2.10. The van der Waals surface area contributed by atoms with Crippen molar-refractivity contribution < 1.29 is 4.39 Å². The number of hydrogen-bond donors (Lipinski definition) is 1. The van der Waals surface area contributed by atoms with E-state index in [0.717, 1.165) is 5.56 Å². The largest absolute Gasteiger partial charge is 0.306 e. The van der Waals surface area contributed by atoms with E-state index < -0.39 is 5.82 Å². The Morgan fingerprint density at radius 2 is 1.95 bits per heavy atom. The molecule has 0 fully saturated rings. The SMILES string of the molecule is Cc1ccc(F)c(-c2nc3ccccc3c(=O)[nH]2)c1. The Bertz CT molecular complexity index is 824. The van der Waals surface area contributed by atoms with Crippen LogP contribution in [0.1, 0.15) is 5.56 Å². The minimum Gasteiger partial charge on any atom is -0.306 e. The highest BCUT2D eigenvalue weighted by Crippen LogP contribution is 2.21. The van der Waals surface area contributed by atoms with E-state index in [9.17, 15) is 9.18 Å². The molecule has 0 atom stereocenters. The molecule has 0 saturated carbocycles. The molecule has 0 amide bonds. The van der Waals surface area contributed by atoms with Crippen LogP contribution in [0.4, 0.5) is 4.39 Å². The van der Waals surface area contributed by atoms with Crippen molar-refractivity contribution in [3.63, 3.8) is 0 Å². The maximum Gasteiger partial charge on any atom is 0.259 e. The van der Waals surface area contributed by atoms with Crippen molar-refractivity contribution in [2.75, 3.05) is 0 Å². The molecule has 0 aliphatic rings. The molecule has 19 heavy (non-hydrogen) atoms. The zero-order valence-corrected chi connectivity index (χ0v) is 10.3. The highest BCUT2D eigenvalue weighted by atomic mass is 19.1. The first-order valence-electron chi connectivity index (χ1n) is 5.91.